The van der Waals surface area contributed by atoms with Crippen molar-refractivity contribution in [3.63, 3.8) is 0 Å². The maximum atomic E-state index is 5.49. The summed E-state index contributed by atoms with van der Waals surface area (Å²) in [5, 5.41) is 0. The SMILES string of the molecule is CCCN=C(NN)N1CCC(C)(C)CC1. The van der Waals surface area contributed by atoms with E-state index in [2.05, 4.69) is 36.1 Å². The molecule has 0 atom stereocenters. The van der Waals surface area contributed by atoms with Gasteiger partial charge >= 0.3 is 0 Å². The number of nitrogens with one attached hydrogen (secondary N) is 1. The number of guanidine groups is 1. The highest BCUT2D eigenvalue weighted by Gasteiger charge is 2.26. The second kappa shape index (κ2) is 5.35. The Bertz CT molecular complexity index is 213. The van der Waals surface area contributed by atoms with E-state index < -0.39 is 0 Å². The lowest BCUT2D eigenvalue weighted by Crippen LogP contribution is -2.49. The van der Waals surface area contributed by atoms with Crippen LogP contribution in [0.4, 0.5) is 0 Å². The molecule has 1 aliphatic rings. The van der Waals surface area contributed by atoms with Gasteiger partial charge in [0.25, 0.3) is 0 Å². The first-order chi connectivity index (χ1) is 7.09. The minimum absolute atomic E-state index is 0.473. The Morgan fingerprint density at radius 3 is 2.47 bits per heavy atom. The van der Waals surface area contributed by atoms with Crippen LogP contribution >= 0.6 is 0 Å². The summed E-state index contributed by atoms with van der Waals surface area (Å²) in [6.45, 7) is 9.72. The lowest BCUT2D eigenvalue weighted by atomic mass is 9.83. The molecule has 0 aromatic rings. The minimum Gasteiger partial charge on any atom is -0.342 e. The van der Waals surface area contributed by atoms with Crippen LogP contribution in [0.5, 0.6) is 0 Å². The third-order valence-electron chi connectivity index (χ3n) is 3.03. The Balaban J connectivity index is 2.50. The van der Waals surface area contributed by atoms with Gasteiger partial charge in [0, 0.05) is 19.6 Å². The van der Waals surface area contributed by atoms with E-state index in [-0.39, 0.29) is 0 Å². The molecule has 1 aliphatic heterocycles. The smallest absolute Gasteiger partial charge is 0.208 e. The van der Waals surface area contributed by atoms with Crippen molar-refractivity contribution in [1.82, 2.24) is 10.3 Å². The summed E-state index contributed by atoms with van der Waals surface area (Å²) >= 11 is 0. The molecular weight excluding hydrogens is 188 g/mol. The highest BCUT2D eigenvalue weighted by molar-refractivity contribution is 5.79. The average Bonchev–Trinajstić information content (AvgIpc) is 2.21. The monoisotopic (exact) mass is 212 g/mol. The molecule has 3 N–H and O–H groups in total. The van der Waals surface area contributed by atoms with Gasteiger partial charge in [0.15, 0.2) is 0 Å². The van der Waals surface area contributed by atoms with Crippen molar-refractivity contribution in [3.8, 4) is 0 Å². The second-order valence-corrected chi connectivity index (χ2v) is 5.00. The summed E-state index contributed by atoms with van der Waals surface area (Å²) in [7, 11) is 0. The summed E-state index contributed by atoms with van der Waals surface area (Å²) < 4.78 is 0. The molecule has 0 spiro atoms. The van der Waals surface area contributed by atoms with Crippen LogP contribution in [0.3, 0.4) is 0 Å². The summed E-state index contributed by atoms with van der Waals surface area (Å²) in [6.07, 6.45) is 3.48. The number of nitrogens with two attached hydrogens (primary N) is 1. The van der Waals surface area contributed by atoms with Gasteiger partial charge in [-0.2, -0.15) is 0 Å². The molecule has 15 heavy (non-hydrogen) atoms. The van der Waals surface area contributed by atoms with Gasteiger partial charge in [-0.15, -0.1) is 0 Å². The molecule has 1 fully saturated rings. The molecule has 0 unspecified atom stereocenters. The van der Waals surface area contributed by atoms with Crippen LogP contribution in [-0.4, -0.2) is 30.5 Å². The van der Waals surface area contributed by atoms with Gasteiger partial charge in [0.05, 0.1) is 0 Å². The first kappa shape index (κ1) is 12.3. The van der Waals surface area contributed by atoms with Gasteiger partial charge < -0.3 is 4.90 Å². The molecule has 0 aromatic heterocycles. The van der Waals surface area contributed by atoms with Crippen molar-refractivity contribution in [2.24, 2.45) is 16.3 Å². The molecule has 0 aliphatic carbocycles. The number of hydrogen-bond donors (Lipinski definition) is 2. The molecule has 88 valence electrons. The van der Waals surface area contributed by atoms with Crippen LogP contribution in [-0.2, 0) is 0 Å². The predicted octanol–water partition coefficient (Wildman–Crippen LogP) is 1.34. The summed E-state index contributed by atoms with van der Waals surface area (Å²) in [6, 6.07) is 0. The molecule has 0 saturated carbocycles. The predicted molar refractivity (Wildman–Crippen MR) is 64.5 cm³/mol. The number of likely N-dealkylation sites (tertiary alicyclic amines) is 1. The Labute approximate surface area is 92.9 Å². The van der Waals surface area contributed by atoms with Gasteiger partial charge in [-0.1, -0.05) is 20.8 Å². The maximum Gasteiger partial charge on any atom is 0.208 e. The van der Waals surface area contributed by atoms with Gasteiger partial charge in [-0.05, 0) is 24.7 Å². The molecule has 0 amide bonds. The highest BCUT2D eigenvalue weighted by atomic mass is 15.4. The molecule has 4 nitrogen and oxygen atoms in total. The summed E-state index contributed by atoms with van der Waals surface area (Å²) in [5.41, 5.74) is 3.18. The summed E-state index contributed by atoms with van der Waals surface area (Å²) in [4.78, 5) is 6.69. The van der Waals surface area contributed by atoms with Crippen molar-refractivity contribution in [2.45, 2.75) is 40.0 Å². The fourth-order valence-corrected chi connectivity index (χ4v) is 1.78. The van der Waals surface area contributed by atoms with Gasteiger partial charge in [-0.3, -0.25) is 10.4 Å². The first-order valence-corrected chi connectivity index (χ1v) is 5.85. The van der Waals surface area contributed by atoms with Crippen LogP contribution in [0.15, 0.2) is 4.99 Å². The number of nitrogens with zero attached hydrogens (tertiary/aromatic N) is 2. The Morgan fingerprint density at radius 1 is 1.40 bits per heavy atom. The van der Waals surface area contributed by atoms with Crippen molar-refractivity contribution < 1.29 is 0 Å². The Hall–Kier alpha value is -0.770. The maximum absolute atomic E-state index is 5.49. The lowest BCUT2D eigenvalue weighted by Gasteiger charge is -2.38. The van der Waals surface area contributed by atoms with E-state index in [1.807, 2.05) is 0 Å². The highest BCUT2D eigenvalue weighted by Crippen LogP contribution is 2.29. The average molecular weight is 212 g/mol. The van der Waals surface area contributed by atoms with E-state index >= 15 is 0 Å². The van der Waals surface area contributed by atoms with E-state index in [9.17, 15) is 0 Å². The lowest BCUT2D eigenvalue weighted by molar-refractivity contribution is 0.185. The molecule has 0 radical (unpaired) electrons. The number of hydrogen-bond acceptors (Lipinski definition) is 2. The van der Waals surface area contributed by atoms with Gasteiger partial charge in [-0.25, -0.2) is 5.84 Å². The Kier molecular flexibility index (Phi) is 4.39. The Morgan fingerprint density at radius 2 is 2.00 bits per heavy atom. The third kappa shape index (κ3) is 3.70. The zero-order chi connectivity index (χ0) is 11.3. The fraction of sp³-hybridized carbons (Fsp3) is 0.909. The zero-order valence-corrected chi connectivity index (χ0v) is 10.2. The molecule has 1 rings (SSSR count). The number of rotatable bonds is 2. The number of aliphatic imine (C=N–C) groups is 1. The van der Waals surface area contributed by atoms with Crippen LogP contribution in [0, 0.1) is 5.41 Å². The molecule has 1 saturated heterocycles. The van der Waals surface area contributed by atoms with Crippen LogP contribution in [0.1, 0.15) is 40.0 Å². The largest absolute Gasteiger partial charge is 0.342 e. The van der Waals surface area contributed by atoms with Crippen molar-refractivity contribution in [3.05, 3.63) is 0 Å². The molecule has 4 heteroatoms. The van der Waals surface area contributed by atoms with E-state index in [1.165, 1.54) is 12.8 Å². The van der Waals surface area contributed by atoms with Crippen molar-refractivity contribution in [2.75, 3.05) is 19.6 Å². The van der Waals surface area contributed by atoms with Gasteiger partial charge in [0.2, 0.25) is 5.96 Å². The third-order valence-corrected chi connectivity index (χ3v) is 3.03. The van der Waals surface area contributed by atoms with Crippen molar-refractivity contribution in [1.29, 1.82) is 0 Å². The molecule has 0 aromatic carbocycles. The van der Waals surface area contributed by atoms with Crippen LogP contribution in [0.25, 0.3) is 0 Å². The van der Waals surface area contributed by atoms with E-state index in [0.717, 1.165) is 32.0 Å². The zero-order valence-electron chi connectivity index (χ0n) is 10.2. The van der Waals surface area contributed by atoms with E-state index in [4.69, 9.17) is 5.84 Å². The fourth-order valence-electron chi connectivity index (χ4n) is 1.78. The van der Waals surface area contributed by atoms with Crippen LogP contribution in [0.2, 0.25) is 0 Å². The quantitative estimate of drug-likeness (QED) is 0.314. The topological polar surface area (TPSA) is 53.6 Å². The summed E-state index contributed by atoms with van der Waals surface area (Å²) in [5.74, 6) is 6.34. The van der Waals surface area contributed by atoms with E-state index in [1.54, 1.807) is 0 Å². The molecule has 0 bridgehead atoms. The van der Waals surface area contributed by atoms with Crippen LogP contribution < -0.4 is 11.3 Å². The molecular formula is C11H24N4. The number of piperidine rings is 1. The molecule has 1 heterocycles. The standard InChI is InChI=1S/C11H24N4/c1-4-7-13-10(14-12)15-8-5-11(2,3)6-9-15/h4-9,12H2,1-3H3,(H,13,14). The second-order valence-electron chi connectivity index (χ2n) is 5.00. The normalized spacial score (nSPS) is 21.6. The minimum atomic E-state index is 0.473. The number of hydrazine groups is 1. The van der Waals surface area contributed by atoms with E-state index in [0.29, 0.717) is 5.41 Å². The van der Waals surface area contributed by atoms with Crippen molar-refractivity contribution >= 4 is 5.96 Å². The van der Waals surface area contributed by atoms with Gasteiger partial charge in [0.1, 0.15) is 0 Å². The first-order valence-electron chi connectivity index (χ1n) is 5.85.